The number of carbonyl (C=O) groups is 11. The van der Waals surface area contributed by atoms with Gasteiger partial charge in [-0.05, 0) is 122 Å². The Labute approximate surface area is 580 Å². The zero-order valence-corrected chi connectivity index (χ0v) is 64.2. The van der Waals surface area contributed by atoms with Gasteiger partial charge in [0, 0.05) is 73.8 Å². The van der Waals surface area contributed by atoms with Crippen LogP contribution in [-0.2, 0) is 52.7 Å². The van der Waals surface area contributed by atoms with Crippen LogP contribution in [0.3, 0.4) is 0 Å². The number of hydrogen-bond donors (Lipinski definition) is 6. The van der Waals surface area contributed by atoms with Gasteiger partial charge in [0.2, 0.25) is 65.0 Å². The minimum absolute atomic E-state index is 0.0181. The fourth-order valence-corrected chi connectivity index (χ4v) is 13.2. The number of thioether (sulfide) groups is 1. The molecule has 26 heteroatoms. The molecule has 1 saturated heterocycles. The van der Waals surface area contributed by atoms with Crippen LogP contribution in [0.2, 0.25) is 0 Å². The molecule has 1 aliphatic rings. The molecule has 1 fully saturated rings. The van der Waals surface area contributed by atoms with E-state index in [-0.39, 0.29) is 62.0 Å². The number of likely N-dealkylation sites (N-methyl/N-ethyl adjacent to an activating group) is 7. The van der Waals surface area contributed by atoms with Crippen molar-refractivity contribution in [3.05, 3.63) is 12.2 Å². The highest BCUT2D eigenvalue weighted by Crippen LogP contribution is 2.27. The van der Waals surface area contributed by atoms with Gasteiger partial charge < -0.3 is 70.7 Å². The highest BCUT2D eigenvalue weighted by molar-refractivity contribution is 7.99. The Bertz CT molecular complexity index is 2600. The van der Waals surface area contributed by atoms with Crippen molar-refractivity contribution < 1.29 is 63.0 Å². The third-order valence-corrected chi connectivity index (χ3v) is 19.4. The van der Waals surface area contributed by atoms with Crippen LogP contribution in [0.5, 0.6) is 0 Å². The van der Waals surface area contributed by atoms with Gasteiger partial charge in [0.1, 0.15) is 66.5 Å². The van der Waals surface area contributed by atoms with E-state index < -0.39 is 161 Å². The fourth-order valence-electron chi connectivity index (χ4n) is 12.0. The van der Waals surface area contributed by atoms with Crippen molar-refractivity contribution in [2.45, 2.75) is 255 Å². The number of allylic oxidation sites excluding steroid dienone is 2. The minimum Gasteiger partial charge on any atom is -0.390 e. The van der Waals surface area contributed by atoms with Crippen molar-refractivity contribution in [2.75, 3.05) is 80.5 Å². The Kier molecular flexibility index (Phi) is 37.5. The first kappa shape index (κ1) is 88.2. The summed E-state index contributed by atoms with van der Waals surface area (Å²) in [5.74, 6) is -9.42. The molecule has 0 unspecified atom stereocenters. The first-order valence-corrected chi connectivity index (χ1v) is 36.0. The van der Waals surface area contributed by atoms with E-state index in [1.807, 2.05) is 61.5 Å². The van der Waals surface area contributed by atoms with Gasteiger partial charge in [-0.1, -0.05) is 109 Å². The van der Waals surface area contributed by atoms with E-state index in [9.17, 15) is 29.4 Å². The fraction of sp³-hybridized carbons (Fsp3) is 0.814. The van der Waals surface area contributed by atoms with E-state index in [2.05, 4.69) is 26.2 Å². The summed E-state index contributed by atoms with van der Waals surface area (Å²) in [6, 6.07) is -14.4. The van der Waals surface area contributed by atoms with E-state index in [0.29, 0.717) is 18.7 Å². The molecule has 11 amide bonds. The molecule has 6 N–H and O–H groups in total. The van der Waals surface area contributed by atoms with Gasteiger partial charge in [-0.15, -0.1) is 0 Å². The predicted molar refractivity (Wildman–Crippen MR) is 379 cm³/mol. The molecule has 0 aromatic carbocycles. The first-order valence-electron chi connectivity index (χ1n) is 34.8. The van der Waals surface area contributed by atoms with Gasteiger partial charge in [0.25, 0.3) is 0 Å². The monoisotopic (exact) mass is 1380 g/mol. The quantitative estimate of drug-likeness (QED) is 0.0617. The highest BCUT2D eigenvalue weighted by atomic mass is 32.2. The van der Waals surface area contributed by atoms with Gasteiger partial charge in [-0.2, -0.15) is 11.8 Å². The molecule has 0 radical (unpaired) electrons. The van der Waals surface area contributed by atoms with Gasteiger partial charge in [-0.3, -0.25) is 52.7 Å². The summed E-state index contributed by atoms with van der Waals surface area (Å²) < 4.78 is 0. The average Bonchev–Trinajstić information content (AvgIpc) is 0.813. The molecule has 1 rings (SSSR count). The number of hydrogen-bond acceptors (Lipinski definition) is 15. The van der Waals surface area contributed by atoms with Crippen LogP contribution in [-0.4, -0.2) is 273 Å². The molecule has 0 spiro atoms. The molecule has 25 nitrogen and oxygen atoms in total. The van der Waals surface area contributed by atoms with Crippen LogP contribution in [0.25, 0.3) is 0 Å². The maximum Gasteiger partial charge on any atom is 0.246 e. The van der Waals surface area contributed by atoms with Crippen LogP contribution < -0.4 is 21.3 Å². The van der Waals surface area contributed by atoms with Crippen molar-refractivity contribution in [1.29, 1.82) is 0 Å². The Morgan fingerprint density at radius 2 is 0.990 bits per heavy atom. The largest absolute Gasteiger partial charge is 0.390 e. The number of nitrogens with zero attached hydrogens (tertiary/aromatic N) is 8. The molecule has 96 heavy (non-hydrogen) atoms. The Morgan fingerprint density at radius 3 is 1.48 bits per heavy atom. The van der Waals surface area contributed by atoms with Gasteiger partial charge >= 0.3 is 0 Å². The van der Waals surface area contributed by atoms with Crippen LogP contribution in [0.15, 0.2) is 12.2 Å². The number of rotatable bonds is 23. The van der Waals surface area contributed by atoms with Gasteiger partial charge in [-0.25, -0.2) is 0 Å². The normalized spacial score (nSPS) is 26.2. The summed E-state index contributed by atoms with van der Waals surface area (Å²) in [6.45, 7) is 35.4. The lowest BCUT2D eigenvalue weighted by atomic mass is 9.91. The second kappa shape index (κ2) is 40.9. The summed E-state index contributed by atoms with van der Waals surface area (Å²) in [7, 11) is 9.93. The Morgan fingerprint density at radius 1 is 0.521 bits per heavy atom. The van der Waals surface area contributed by atoms with E-state index in [1.165, 1.54) is 113 Å². The van der Waals surface area contributed by atoms with Crippen molar-refractivity contribution >= 4 is 76.7 Å². The standard InChI is InChI=1S/C70H128N12O13S/c1-27-31-32-46(15)58(83)57-62(87)73-49(28-2)64(89)79(24)54(40-96-36-35-82(29-3)30-4)67(92)78(23)53(39-70(18,19)95)61(86)74-55(44(11)12)68(93)76(21)51(37-42(7)8)60(85)71-47(16)59(84)72-48(17)63(88)77(22)52(38-43(9)10)66(91)75(20)50(34-33-41(5)6)65(90)80(25)56(45(13)14)69(94)81(57)26/h27,31,41-58,83,95H,28-30,32-40H2,1-26H3,(H,71,85)(H,72,84)(H,73,87)(H,74,86)/b31-27+/t46-,47-,48+,49+,50+,51-,52+,53+,54-,55-,56+,57+,58-/m1/s1. The molecule has 0 saturated carbocycles. The number of nitrogens with one attached hydrogen (secondary N) is 4. The van der Waals surface area contributed by atoms with Crippen molar-refractivity contribution in [3.8, 4) is 0 Å². The van der Waals surface area contributed by atoms with Crippen LogP contribution in [0.4, 0.5) is 0 Å². The first-order chi connectivity index (χ1) is 44.4. The highest BCUT2D eigenvalue weighted by Gasteiger charge is 2.47. The summed E-state index contributed by atoms with van der Waals surface area (Å²) >= 11 is 1.39. The molecule has 1 aliphatic heterocycles. The van der Waals surface area contributed by atoms with Crippen LogP contribution in [0, 0.1) is 35.5 Å². The summed E-state index contributed by atoms with van der Waals surface area (Å²) in [5, 5.41) is 34.8. The maximum absolute atomic E-state index is 15.4. The van der Waals surface area contributed by atoms with Crippen molar-refractivity contribution in [3.63, 3.8) is 0 Å². The van der Waals surface area contributed by atoms with Crippen LogP contribution >= 0.6 is 11.8 Å². The van der Waals surface area contributed by atoms with Crippen molar-refractivity contribution in [1.82, 2.24) is 60.5 Å². The number of aliphatic hydroxyl groups excluding tert-OH is 1. The molecule has 13 atom stereocenters. The Hall–Kier alpha value is -5.86. The molecule has 0 aromatic heterocycles. The maximum atomic E-state index is 15.4. The third kappa shape index (κ3) is 25.8. The third-order valence-electron chi connectivity index (χ3n) is 18.4. The number of carbonyl (C=O) groups excluding carboxylic acids is 11. The summed E-state index contributed by atoms with van der Waals surface area (Å²) in [6.07, 6.45) is 2.87. The number of amides is 11. The van der Waals surface area contributed by atoms with E-state index in [0.717, 1.165) is 22.9 Å². The lowest BCUT2D eigenvalue weighted by molar-refractivity contribution is -0.157. The lowest BCUT2D eigenvalue weighted by Gasteiger charge is -2.41. The molecule has 0 aromatic rings. The second-order valence-electron chi connectivity index (χ2n) is 29.1. The zero-order valence-electron chi connectivity index (χ0n) is 63.4. The van der Waals surface area contributed by atoms with E-state index in [1.54, 1.807) is 54.5 Å². The second-order valence-corrected chi connectivity index (χ2v) is 30.3. The summed E-state index contributed by atoms with van der Waals surface area (Å²) in [4.78, 5) is 175. The number of aliphatic hydroxyl groups is 2. The average molecular weight is 1380 g/mol. The SMILES string of the molecule is C/C=C/C[C@@H](C)[C@@H](O)[C@H]1C(=O)N[C@@H](CC)C(=O)N(C)[C@H](CSCCN(CC)CC)C(=O)N(C)[C@@H](CC(C)(C)O)C(=O)N[C@H](C(C)C)C(=O)N(C)[C@H](CC(C)C)C(=O)N[C@H](C)C(=O)N[C@@H](C)C(=O)N(C)[C@@H](CC(C)C)C(=O)N(C)[C@@H](CCC(C)C)C(=O)N(C)[C@@H](C(C)C)C(=O)N1C. The molecular weight excluding hydrogens is 1250 g/mol. The van der Waals surface area contributed by atoms with Crippen molar-refractivity contribution in [2.24, 2.45) is 35.5 Å². The summed E-state index contributed by atoms with van der Waals surface area (Å²) in [5.41, 5.74) is -1.58. The Balaban J connectivity index is 4.61. The zero-order chi connectivity index (χ0) is 74.3. The smallest absolute Gasteiger partial charge is 0.246 e. The molecule has 1 heterocycles. The molecule has 0 bridgehead atoms. The van der Waals surface area contributed by atoms with Gasteiger partial charge in [0.05, 0.1) is 11.7 Å². The molecule has 552 valence electrons. The van der Waals surface area contributed by atoms with Crippen LogP contribution in [0.1, 0.15) is 176 Å². The predicted octanol–water partition coefficient (Wildman–Crippen LogP) is 4.22. The topological polar surface area (TPSA) is 302 Å². The van der Waals surface area contributed by atoms with E-state index in [4.69, 9.17) is 0 Å². The van der Waals surface area contributed by atoms with Gasteiger partial charge in [0.15, 0.2) is 0 Å². The van der Waals surface area contributed by atoms with E-state index >= 15 is 33.6 Å². The lowest BCUT2D eigenvalue weighted by Crippen LogP contribution is -2.64. The molecule has 0 aliphatic carbocycles. The molecular formula is C70H128N12O13S. The minimum atomic E-state index is -1.66.